The van der Waals surface area contributed by atoms with E-state index in [0.717, 1.165) is 11.3 Å². The van der Waals surface area contributed by atoms with Crippen molar-refractivity contribution < 1.29 is 5.11 Å². The number of para-hydroxylation sites is 1. The van der Waals surface area contributed by atoms with Gasteiger partial charge in [-0.25, -0.2) is 0 Å². The minimum atomic E-state index is 0.0219. The Kier molecular flexibility index (Phi) is 2.95. The number of hydrogen-bond acceptors (Lipinski definition) is 2. The SMILES string of the molecule is CN(C)c1c(Cl)cccc1CO. The zero-order chi connectivity index (χ0) is 9.14. The number of nitrogens with zero attached hydrogens (tertiary/aromatic N) is 1. The van der Waals surface area contributed by atoms with Gasteiger partial charge in [-0.05, 0) is 6.07 Å². The molecule has 1 aromatic carbocycles. The van der Waals surface area contributed by atoms with Gasteiger partial charge in [-0.1, -0.05) is 23.7 Å². The van der Waals surface area contributed by atoms with Crippen molar-refractivity contribution in [1.82, 2.24) is 0 Å². The molecule has 0 radical (unpaired) electrons. The highest BCUT2D eigenvalue weighted by Crippen LogP contribution is 2.27. The van der Waals surface area contributed by atoms with E-state index < -0.39 is 0 Å². The third kappa shape index (κ3) is 1.71. The average Bonchev–Trinajstić information content (AvgIpc) is 2.03. The monoisotopic (exact) mass is 185 g/mol. The zero-order valence-electron chi connectivity index (χ0n) is 7.21. The first-order valence-electron chi connectivity index (χ1n) is 3.72. The lowest BCUT2D eigenvalue weighted by Gasteiger charge is -2.17. The first-order valence-corrected chi connectivity index (χ1v) is 4.10. The van der Waals surface area contributed by atoms with E-state index in [4.69, 9.17) is 16.7 Å². The predicted octanol–water partition coefficient (Wildman–Crippen LogP) is 1.90. The third-order valence-corrected chi connectivity index (χ3v) is 1.99. The van der Waals surface area contributed by atoms with Gasteiger partial charge in [0.2, 0.25) is 0 Å². The fraction of sp³-hybridized carbons (Fsp3) is 0.333. The fourth-order valence-electron chi connectivity index (χ4n) is 1.19. The van der Waals surface area contributed by atoms with Gasteiger partial charge < -0.3 is 10.0 Å². The van der Waals surface area contributed by atoms with E-state index in [1.54, 1.807) is 0 Å². The van der Waals surface area contributed by atoms with Crippen LogP contribution in [0.25, 0.3) is 0 Å². The normalized spacial score (nSPS) is 10.0. The molecule has 0 amide bonds. The van der Waals surface area contributed by atoms with Crippen molar-refractivity contribution in [2.75, 3.05) is 19.0 Å². The highest BCUT2D eigenvalue weighted by Gasteiger charge is 2.06. The Hall–Kier alpha value is -0.730. The predicted molar refractivity (Wildman–Crippen MR) is 51.7 cm³/mol. The van der Waals surface area contributed by atoms with E-state index in [-0.39, 0.29) is 6.61 Å². The van der Waals surface area contributed by atoms with Gasteiger partial charge in [0.15, 0.2) is 0 Å². The lowest BCUT2D eigenvalue weighted by molar-refractivity contribution is 0.282. The second-order valence-corrected chi connectivity index (χ2v) is 3.21. The molecular formula is C9H12ClNO. The van der Waals surface area contributed by atoms with Crippen molar-refractivity contribution in [2.24, 2.45) is 0 Å². The molecule has 0 fully saturated rings. The molecule has 1 aromatic rings. The van der Waals surface area contributed by atoms with Crippen molar-refractivity contribution in [2.45, 2.75) is 6.61 Å². The molecule has 0 heterocycles. The molecule has 0 aliphatic carbocycles. The average molecular weight is 186 g/mol. The van der Waals surface area contributed by atoms with Gasteiger partial charge in [0.25, 0.3) is 0 Å². The second-order valence-electron chi connectivity index (χ2n) is 2.80. The summed E-state index contributed by atoms with van der Waals surface area (Å²) in [5.41, 5.74) is 1.74. The summed E-state index contributed by atoms with van der Waals surface area (Å²) < 4.78 is 0. The fourth-order valence-corrected chi connectivity index (χ4v) is 1.55. The molecule has 2 nitrogen and oxygen atoms in total. The number of hydrogen-bond donors (Lipinski definition) is 1. The van der Waals surface area contributed by atoms with Crippen LogP contribution in [-0.4, -0.2) is 19.2 Å². The third-order valence-electron chi connectivity index (χ3n) is 1.69. The molecule has 0 bridgehead atoms. The van der Waals surface area contributed by atoms with Gasteiger partial charge in [0.05, 0.1) is 17.3 Å². The summed E-state index contributed by atoms with van der Waals surface area (Å²) in [6.07, 6.45) is 0. The molecule has 0 spiro atoms. The van der Waals surface area contributed by atoms with Gasteiger partial charge in [-0.2, -0.15) is 0 Å². The quantitative estimate of drug-likeness (QED) is 0.761. The summed E-state index contributed by atoms with van der Waals surface area (Å²) in [5.74, 6) is 0. The summed E-state index contributed by atoms with van der Waals surface area (Å²) in [7, 11) is 3.81. The van der Waals surface area contributed by atoms with Crippen LogP contribution < -0.4 is 4.90 Å². The molecule has 1 N–H and O–H groups in total. The molecule has 3 heteroatoms. The van der Waals surface area contributed by atoms with E-state index in [2.05, 4.69) is 0 Å². The standard InChI is InChI=1S/C9H12ClNO/c1-11(2)9-7(6-12)4-3-5-8(9)10/h3-5,12H,6H2,1-2H3. The van der Waals surface area contributed by atoms with E-state index in [1.807, 2.05) is 37.2 Å². The molecule has 0 unspecified atom stereocenters. The van der Waals surface area contributed by atoms with E-state index in [1.165, 1.54) is 0 Å². The molecule has 12 heavy (non-hydrogen) atoms. The van der Waals surface area contributed by atoms with Crippen molar-refractivity contribution >= 4 is 17.3 Å². The van der Waals surface area contributed by atoms with Gasteiger partial charge in [-0.15, -0.1) is 0 Å². The van der Waals surface area contributed by atoms with Gasteiger partial charge in [0.1, 0.15) is 0 Å². The number of halogens is 1. The first-order chi connectivity index (χ1) is 5.66. The summed E-state index contributed by atoms with van der Waals surface area (Å²) in [6.45, 7) is 0.0219. The van der Waals surface area contributed by atoms with E-state index >= 15 is 0 Å². The Labute approximate surface area is 77.4 Å². The number of benzene rings is 1. The topological polar surface area (TPSA) is 23.5 Å². The molecule has 0 aromatic heterocycles. The van der Waals surface area contributed by atoms with Crippen LogP contribution in [-0.2, 0) is 6.61 Å². The van der Waals surface area contributed by atoms with Crippen molar-refractivity contribution in [3.8, 4) is 0 Å². The van der Waals surface area contributed by atoms with Crippen molar-refractivity contribution in [3.05, 3.63) is 28.8 Å². The van der Waals surface area contributed by atoms with Crippen molar-refractivity contribution in [1.29, 1.82) is 0 Å². The molecular weight excluding hydrogens is 174 g/mol. The van der Waals surface area contributed by atoms with Crippen LogP contribution in [0.1, 0.15) is 5.56 Å². The van der Waals surface area contributed by atoms with Crippen LogP contribution in [0.5, 0.6) is 0 Å². The Balaban J connectivity index is 3.20. The van der Waals surface area contributed by atoms with Gasteiger partial charge in [0, 0.05) is 19.7 Å². The summed E-state index contributed by atoms with van der Waals surface area (Å²) >= 11 is 5.95. The Morgan fingerprint density at radius 1 is 1.42 bits per heavy atom. The van der Waals surface area contributed by atoms with Crippen LogP contribution in [0.2, 0.25) is 5.02 Å². The number of anilines is 1. The molecule has 0 atom stereocenters. The van der Waals surface area contributed by atoms with Crippen molar-refractivity contribution in [3.63, 3.8) is 0 Å². The Morgan fingerprint density at radius 2 is 2.08 bits per heavy atom. The summed E-state index contributed by atoms with van der Waals surface area (Å²) in [6, 6.07) is 5.51. The van der Waals surface area contributed by atoms with Crippen LogP contribution >= 0.6 is 11.6 Å². The van der Waals surface area contributed by atoms with Crippen LogP contribution in [0.4, 0.5) is 5.69 Å². The maximum Gasteiger partial charge on any atom is 0.0702 e. The number of aliphatic hydroxyl groups is 1. The molecule has 1 rings (SSSR count). The van der Waals surface area contributed by atoms with Crippen LogP contribution in [0.3, 0.4) is 0 Å². The second kappa shape index (κ2) is 3.78. The maximum absolute atomic E-state index is 9.01. The van der Waals surface area contributed by atoms with Gasteiger partial charge in [-0.3, -0.25) is 0 Å². The summed E-state index contributed by atoms with van der Waals surface area (Å²) in [5, 5.41) is 9.68. The minimum absolute atomic E-state index is 0.0219. The largest absolute Gasteiger partial charge is 0.392 e. The van der Waals surface area contributed by atoms with E-state index in [0.29, 0.717) is 5.02 Å². The molecule has 0 aliphatic rings. The van der Waals surface area contributed by atoms with Crippen LogP contribution in [0.15, 0.2) is 18.2 Å². The summed E-state index contributed by atoms with van der Waals surface area (Å²) in [4.78, 5) is 1.90. The first kappa shape index (κ1) is 9.36. The Morgan fingerprint density at radius 3 is 2.50 bits per heavy atom. The minimum Gasteiger partial charge on any atom is -0.392 e. The van der Waals surface area contributed by atoms with Gasteiger partial charge >= 0.3 is 0 Å². The number of rotatable bonds is 2. The molecule has 0 saturated heterocycles. The highest BCUT2D eigenvalue weighted by molar-refractivity contribution is 6.33. The lowest BCUT2D eigenvalue weighted by atomic mass is 10.2. The molecule has 66 valence electrons. The smallest absolute Gasteiger partial charge is 0.0702 e. The Bertz CT molecular complexity index is 273. The zero-order valence-corrected chi connectivity index (χ0v) is 7.97. The lowest BCUT2D eigenvalue weighted by Crippen LogP contribution is -2.11. The number of aliphatic hydroxyl groups excluding tert-OH is 1. The highest BCUT2D eigenvalue weighted by atomic mass is 35.5. The maximum atomic E-state index is 9.01. The van der Waals surface area contributed by atoms with E-state index in [9.17, 15) is 0 Å². The van der Waals surface area contributed by atoms with Crippen LogP contribution in [0, 0.1) is 0 Å². The molecule has 0 saturated carbocycles. The molecule has 0 aliphatic heterocycles.